The first kappa shape index (κ1) is 22.9. The molecule has 3 heterocycles. The van der Waals surface area contributed by atoms with Crippen molar-refractivity contribution in [1.29, 1.82) is 0 Å². The second-order valence-corrected chi connectivity index (χ2v) is 9.08. The summed E-state index contributed by atoms with van der Waals surface area (Å²) in [4.78, 5) is 21.2. The molecule has 2 aromatic heterocycles. The molecule has 1 saturated heterocycles. The number of carbonyl (C=O) groups excluding carboxylic acids is 1. The average Bonchev–Trinajstić information content (AvgIpc) is 3.59. The van der Waals surface area contributed by atoms with Crippen molar-refractivity contribution >= 4 is 5.91 Å². The summed E-state index contributed by atoms with van der Waals surface area (Å²) in [7, 11) is 2.10. The number of hydrogen-bond acceptors (Lipinski definition) is 5. The minimum atomic E-state index is 0.0725. The summed E-state index contributed by atoms with van der Waals surface area (Å²) in [5, 5.41) is 0. The van der Waals surface area contributed by atoms with Gasteiger partial charge >= 0.3 is 0 Å². The molecule has 5 rings (SSSR count). The number of hydrogen-bond donors (Lipinski definition) is 0. The molecular weight excluding hydrogens is 440 g/mol. The Balaban J connectivity index is 1.12. The van der Waals surface area contributed by atoms with Gasteiger partial charge in [-0.1, -0.05) is 12.1 Å². The molecule has 1 aliphatic rings. The maximum atomic E-state index is 13.0. The summed E-state index contributed by atoms with van der Waals surface area (Å²) in [6.45, 7) is 3.05. The van der Waals surface area contributed by atoms with E-state index in [1.54, 1.807) is 25.1 Å². The van der Waals surface area contributed by atoms with Crippen LogP contribution in [0.25, 0.3) is 5.69 Å². The maximum Gasteiger partial charge on any atom is 0.253 e. The van der Waals surface area contributed by atoms with Gasteiger partial charge in [0.2, 0.25) is 0 Å². The number of amides is 1. The molecule has 0 atom stereocenters. The van der Waals surface area contributed by atoms with Crippen LogP contribution in [-0.4, -0.2) is 51.5 Å². The molecule has 7 heteroatoms. The van der Waals surface area contributed by atoms with E-state index >= 15 is 0 Å². The van der Waals surface area contributed by atoms with E-state index in [1.807, 2.05) is 58.1 Å². The molecule has 0 radical (unpaired) electrons. The first-order valence-corrected chi connectivity index (χ1v) is 12.0. The molecule has 2 aromatic carbocycles. The van der Waals surface area contributed by atoms with Crippen molar-refractivity contribution < 1.29 is 13.9 Å². The monoisotopic (exact) mass is 470 g/mol. The quantitative estimate of drug-likeness (QED) is 0.371. The molecule has 1 aliphatic heterocycles. The van der Waals surface area contributed by atoms with E-state index in [2.05, 4.69) is 29.1 Å². The van der Waals surface area contributed by atoms with Gasteiger partial charge in [-0.2, -0.15) is 0 Å². The third kappa shape index (κ3) is 5.81. The van der Waals surface area contributed by atoms with E-state index in [0.717, 1.165) is 42.9 Å². The topological polar surface area (TPSA) is 63.7 Å². The third-order valence-electron chi connectivity index (χ3n) is 6.33. The van der Waals surface area contributed by atoms with Crippen molar-refractivity contribution in [3.8, 4) is 11.4 Å². The van der Waals surface area contributed by atoms with Crippen LogP contribution in [0.15, 0.2) is 90.3 Å². The largest absolute Gasteiger partial charge is 0.490 e. The van der Waals surface area contributed by atoms with Crippen LogP contribution >= 0.6 is 0 Å². The summed E-state index contributed by atoms with van der Waals surface area (Å²) >= 11 is 0. The van der Waals surface area contributed by atoms with Crippen molar-refractivity contribution in [2.45, 2.75) is 32.0 Å². The number of piperidine rings is 1. The lowest BCUT2D eigenvalue weighted by molar-refractivity contribution is 0.0595. The lowest BCUT2D eigenvalue weighted by atomic mass is 10.1. The number of ether oxygens (including phenoxy) is 1. The Bertz CT molecular complexity index is 1210. The Morgan fingerprint density at radius 2 is 1.89 bits per heavy atom. The number of likely N-dealkylation sites (tertiary alicyclic amines) is 1. The van der Waals surface area contributed by atoms with Gasteiger partial charge in [0.1, 0.15) is 11.9 Å². The molecule has 0 saturated carbocycles. The number of benzene rings is 2. The van der Waals surface area contributed by atoms with E-state index in [1.165, 1.54) is 5.56 Å². The molecule has 0 unspecified atom stereocenters. The van der Waals surface area contributed by atoms with Crippen LogP contribution < -0.4 is 4.74 Å². The lowest BCUT2D eigenvalue weighted by Crippen LogP contribution is -2.41. The predicted octanol–water partition coefficient (Wildman–Crippen LogP) is 4.78. The van der Waals surface area contributed by atoms with E-state index in [4.69, 9.17) is 9.15 Å². The van der Waals surface area contributed by atoms with Gasteiger partial charge in [-0.15, -0.1) is 0 Å². The lowest BCUT2D eigenvalue weighted by Gasteiger charge is -2.32. The highest BCUT2D eigenvalue weighted by Crippen LogP contribution is 2.22. The van der Waals surface area contributed by atoms with Gasteiger partial charge in [0, 0.05) is 68.2 Å². The predicted molar refractivity (Wildman–Crippen MR) is 133 cm³/mol. The Labute approximate surface area is 205 Å². The summed E-state index contributed by atoms with van der Waals surface area (Å²) < 4.78 is 13.4. The van der Waals surface area contributed by atoms with Gasteiger partial charge in [-0.05, 0) is 55.1 Å². The highest BCUT2D eigenvalue weighted by Gasteiger charge is 2.25. The Hall–Kier alpha value is -3.84. The van der Waals surface area contributed by atoms with Crippen LogP contribution in [0.4, 0.5) is 0 Å². The summed E-state index contributed by atoms with van der Waals surface area (Å²) in [6.07, 6.45) is 10.6. The molecule has 0 aliphatic carbocycles. The van der Waals surface area contributed by atoms with Crippen molar-refractivity contribution in [3.05, 3.63) is 103 Å². The van der Waals surface area contributed by atoms with Crippen LogP contribution in [0.5, 0.6) is 5.75 Å². The Morgan fingerprint density at radius 3 is 2.60 bits per heavy atom. The van der Waals surface area contributed by atoms with Crippen LogP contribution in [0.2, 0.25) is 0 Å². The van der Waals surface area contributed by atoms with Crippen molar-refractivity contribution in [2.24, 2.45) is 0 Å². The minimum absolute atomic E-state index is 0.0725. The average molecular weight is 471 g/mol. The molecule has 180 valence electrons. The van der Waals surface area contributed by atoms with E-state index in [-0.39, 0.29) is 12.0 Å². The first-order chi connectivity index (χ1) is 17.1. The SMILES string of the molecule is CN(Cc1ccoc1)Cc1cccc(OC2CCN(C(=O)c3ccc(-n4ccnc4)cc3)CC2)c1. The number of rotatable bonds is 8. The van der Waals surface area contributed by atoms with Gasteiger partial charge in [0.15, 0.2) is 0 Å². The van der Waals surface area contributed by atoms with E-state index < -0.39 is 0 Å². The van der Waals surface area contributed by atoms with Crippen molar-refractivity contribution in [1.82, 2.24) is 19.4 Å². The fourth-order valence-electron chi connectivity index (χ4n) is 4.52. The normalized spacial score (nSPS) is 14.4. The Morgan fingerprint density at radius 1 is 1.09 bits per heavy atom. The molecular formula is C28H30N4O3. The molecule has 0 spiro atoms. The highest BCUT2D eigenvalue weighted by molar-refractivity contribution is 5.94. The fourth-order valence-corrected chi connectivity index (χ4v) is 4.52. The zero-order chi connectivity index (χ0) is 24.0. The second-order valence-electron chi connectivity index (χ2n) is 9.08. The van der Waals surface area contributed by atoms with Gasteiger partial charge in [0.05, 0.1) is 18.9 Å². The molecule has 0 bridgehead atoms. The standard InChI is InChI=1S/C28H30N4O3/c1-30(19-23-11-16-34-20-23)18-22-3-2-4-27(17-22)35-26-9-13-31(14-10-26)28(33)24-5-7-25(8-6-24)32-15-12-29-21-32/h2-8,11-12,15-17,20-21,26H,9-10,13-14,18-19H2,1H3. The highest BCUT2D eigenvalue weighted by atomic mass is 16.5. The minimum Gasteiger partial charge on any atom is -0.490 e. The number of imidazole rings is 1. The Kier molecular flexibility index (Phi) is 6.95. The van der Waals surface area contributed by atoms with Crippen LogP contribution in [-0.2, 0) is 13.1 Å². The number of carbonyl (C=O) groups is 1. The summed E-state index contributed by atoms with van der Waals surface area (Å²) in [6, 6.07) is 18.0. The van der Waals surface area contributed by atoms with Crippen LogP contribution in [0.1, 0.15) is 34.3 Å². The molecule has 1 amide bonds. The zero-order valence-electron chi connectivity index (χ0n) is 19.9. The van der Waals surface area contributed by atoms with Crippen LogP contribution in [0, 0.1) is 0 Å². The number of nitrogens with zero attached hydrogens (tertiary/aromatic N) is 4. The van der Waals surface area contributed by atoms with Gasteiger partial charge in [-0.25, -0.2) is 4.98 Å². The van der Waals surface area contributed by atoms with Crippen molar-refractivity contribution in [3.63, 3.8) is 0 Å². The van der Waals surface area contributed by atoms with Crippen LogP contribution in [0.3, 0.4) is 0 Å². The third-order valence-corrected chi connectivity index (χ3v) is 6.33. The van der Waals surface area contributed by atoms with Crippen molar-refractivity contribution in [2.75, 3.05) is 20.1 Å². The molecule has 7 nitrogen and oxygen atoms in total. The molecule has 35 heavy (non-hydrogen) atoms. The first-order valence-electron chi connectivity index (χ1n) is 12.0. The molecule has 4 aromatic rings. The second kappa shape index (κ2) is 10.6. The molecule has 1 fully saturated rings. The van der Waals surface area contributed by atoms with E-state index in [0.29, 0.717) is 18.7 Å². The van der Waals surface area contributed by atoms with E-state index in [9.17, 15) is 4.79 Å². The van der Waals surface area contributed by atoms with Gasteiger partial charge in [-0.3, -0.25) is 9.69 Å². The van der Waals surface area contributed by atoms with Gasteiger partial charge < -0.3 is 18.6 Å². The summed E-state index contributed by atoms with van der Waals surface area (Å²) in [5.41, 5.74) is 4.07. The fraction of sp³-hybridized carbons (Fsp3) is 0.286. The molecule has 0 N–H and O–H groups in total. The number of furan rings is 1. The number of aromatic nitrogens is 2. The zero-order valence-corrected chi connectivity index (χ0v) is 19.9. The summed E-state index contributed by atoms with van der Waals surface area (Å²) in [5.74, 6) is 0.961. The van der Waals surface area contributed by atoms with Gasteiger partial charge in [0.25, 0.3) is 5.91 Å². The maximum absolute atomic E-state index is 13.0. The smallest absolute Gasteiger partial charge is 0.253 e.